The van der Waals surface area contributed by atoms with E-state index in [4.69, 9.17) is 25.5 Å². The number of benzene rings is 3. The lowest BCUT2D eigenvalue weighted by atomic mass is 9.49. The standard InChI is InChI=1S/C51H64ClN7O8/c1-31-42(66-30-56-31)33-14-12-32(13-15-33)27-55-45(63)40-24-36(60)29-59(40)46(64)43(49(2,3)4)57-41(61)28-54-22-10-9-11-23-65-37-19-16-34(17-20-37)44(62)58-47-50(5,6)48(51(47,7)8)67-38-21-18-35(26-53)39(52)25-38/h12-21,25,30,36,40,43,47-48,54,60H,9-11,22-24,27-29H2,1-8H3,(H,55,63)(H,57,61)(H,58,62)/t36-,40+,43-,47?,48?/m1/s1. The molecule has 0 radical (unpaired) electrons. The van der Waals surface area contributed by atoms with Crippen LogP contribution in [0.25, 0.3) is 11.3 Å². The van der Waals surface area contributed by atoms with Gasteiger partial charge in [-0.25, -0.2) is 4.98 Å². The molecule has 1 saturated carbocycles. The predicted octanol–water partition coefficient (Wildman–Crippen LogP) is 6.73. The summed E-state index contributed by atoms with van der Waals surface area (Å²) in [5.74, 6) is 0.584. The second-order valence-electron chi connectivity index (χ2n) is 19.9. The van der Waals surface area contributed by atoms with Crippen LogP contribution >= 0.6 is 11.6 Å². The molecule has 1 saturated heterocycles. The summed E-state index contributed by atoms with van der Waals surface area (Å²) >= 11 is 6.23. The molecule has 2 fully saturated rings. The van der Waals surface area contributed by atoms with E-state index in [0.29, 0.717) is 46.6 Å². The molecule has 3 atom stereocenters. The number of β-amino-alcohol motifs (C(OH)–C–C–N with tert-alkyl or cyclic N) is 1. The number of unbranched alkanes of at least 4 members (excludes halogenated alkanes) is 2. The zero-order valence-electron chi connectivity index (χ0n) is 39.7. The zero-order chi connectivity index (χ0) is 48.7. The summed E-state index contributed by atoms with van der Waals surface area (Å²) in [6.45, 7) is 17.0. The van der Waals surface area contributed by atoms with Gasteiger partial charge in [-0.2, -0.15) is 5.26 Å². The van der Waals surface area contributed by atoms with Crippen LogP contribution in [-0.2, 0) is 20.9 Å². The van der Waals surface area contributed by atoms with Crippen molar-refractivity contribution < 1.29 is 38.2 Å². The molecule has 3 aromatic carbocycles. The number of carbonyl (C=O) groups is 4. The van der Waals surface area contributed by atoms with Crippen LogP contribution in [-0.4, -0.2) is 95.2 Å². The summed E-state index contributed by atoms with van der Waals surface area (Å²) in [5.41, 5.74) is 1.96. The number of nitrogens with zero attached hydrogens (tertiary/aromatic N) is 3. The van der Waals surface area contributed by atoms with Crippen LogP contribution in [0.5, 0.6) is 11.5 Å². The number of hydrogen-bond acceptors (Lipinski definition) is 11. The fourth-order valence-electron chi connectivity index (χ4n) is 9.43. The van der Waals surface area contributed by atoms with Gasteiger partial charge in [0.1, 0.15) is 35.8 Å². The summed E-state index contributed by atoms with van der Waals surface area (Å²) in [5, 5.41) is 32.3. The zero-order valence-corrected chi connectivity index (χ0v) is 40.5. The first-order valence-corrected chi connectivity index (χ1v) is 23.2. The minimum Gasteiger partial charge on any atom is -0.494 e. The Morgan fingerprint density at radius 3 is 2.30 bits per heavy atom. The maximum atomic E-state index is 14.0. The minimum absolute atomic E-state index is 0.00896. The molecule has 6 rings (SSSR count). The number of halogens is 1. The van der Waals surface area contributed by atoms with E-state index in [0.717, 1.165) is 36.1 Å². The lowest BCUT2D eigenvalue weighted by Gasteiger charge is -2.63. The Balaban J connectivity index is 0.878. The number of carbonyl (C=O) groups excluding carboxylic acids is 4. The molecular formula is C51H64ClN7O8. The van der Waals surface area contributed by atoms with Gasteiger partial charge < -0.3 is 45.2 Å². The third kappa shape index (κ3) is 12.2. The minimum atomic E-state index is -0.923. The molecule has 0 spiro atoms. The first kappa shape index (κ1) is 50.5. The van der Waals surface area contributed by atoms with Gasteiger partial charge in [-0.3, -0.25) is 19.2 Å². The number of ether oxygens (including phenoxy) is 2. The van der Waals surface area contributed by atoms with Crippen molar-refractivity contribution in [3.05, 3.63) is 101 Å². The van der Waals surface area contributed by atoms with E-state index in [1.165, 1.54) is 11.3 Å². The van der Waals surface area contributed by atoms with Gasteiger partial charge in [-0.15, -0.1) is 0 Å². The van der Waals surface area contributed by atoms with E-state index < -0.39 is 29.5 Å². The number of likely N-dealkylation sites (tertiary alicyclic amines) is 1. The van der Waals surface area contributed by atoms with Gasteiger partial charge in [-0.1, -0.05) is 84.3 Å². The number of aromatic nitrogens is 1. The maximum Gasteiger partial charge on any atom is 0.251 e. The average molecular weight is 939 g/mol. The summed E-state index contributed by atoms with van der Waals surface area (Å²) in [7, 11) is 0. The Morgan fingerprint density at radius 1 is 0.985 bits per heavy atom. The molecule has 1 aliphatic carbocycles. The highest BCUT2D eigenvalue weighted by molar-refractivity contribution is 6.31. The maximum absolute atomic E-state index is 14.0. The number of aliphatic hydroxyl groups excluding tert-OH is 1. The quantitative estimate of drug-likeness (QED) is 0.0623. The smallest absolute Gasteiger partial charge is 0.251 e. The summed E-state index contributed by atoms with van der Waals surface area (Å²) in [6, 6.07) is 19.7. The first-order valence-electron chi connectivity index (χ1n) is 22.9. The lowest BCUT2D eigenvalue weighted by molar-refractivity contribution is -0.164. The predicted molar refractivity (Wildman–Crippen MR) is 254 cm³/mol. The van der Waals surface area contributed by atoms with Crippen molar-refractivity contribution in [2.75, 3.05) is 26.2 Å². The molecule has 1 aromatic heterocycles. The molecule has 15 nitrogen and oxygen atoms in total. The van der Waals surface area contributed by atoms with Gasteiger partial charge in [0, 0.05) is 53.6 Å². The molecule has 4 aromatic rings. The van der Waals surface area contributed by atoms with Crippen LogP contribution in [0.4, 0.5) is 0 Å². The fourth-order valence-corrected chi connectivity index (χ4v) is 9.64. The third-order valence-corrected chi connectivity index (χ3v) is 13.1. The Hall–Kier alpha value is -5.95. The van der Waals surface area contributed by atoms with Gasteiger partial charge in [0.2, 0.25) is 17.7 Å². The van der Waals surface area contributed by atoms with Crippen LogP contribution in [0.15, 0.2) is 77.5 Å². The van der Waals surface area contributed by atoms with Crippen molar-refractivity contribution in [2.24, 2.45) is 16.2 Å². The number of oxazole rings is 1. The lowest BCUT2D eigenvalue weighted by Crippen LogP contribution is -2.74. The van der Waals surface area contributed by atoms with Crippen molar-refractivity contribution in [3.63, 3.8) is 0 Å². The van der Waals surface area contributed by atoms with Crippen LogP contribution < -0.4 is 30.7 Å². The first-order chi connectivity index (χ1) is 31.7. The molecule has 0 bridgehead atoms. The highest BCUT2D eigenvalue weighted by atomic mass is 35.5. The number of hydrogen-bond donors (Lipinski definition) is 5. The number of rotatable bonds is 19. The Bertz CT molecular complexity index is 2410. The van der Waals surface area contributed by atoms with E-state index in [2.05, 4.69) is 60.0 Å². The highest BCUT2D eigenvalue weighted by Crippen LogP contribution is 2.55. The van der Waals surface area contributed by atoms with Gasteiger partial charge in [0.05, 0.1) is 35.5 Å². The molecule has 1 aliphatic heterocycles. The molecule has 2 aliphatic rings. The molecule has 67 heavy (non-hydrogen) atoms. The molecule has 4 amide bonds. The van der Waals surface area contributed by atoms with Gasteiger partial charge in [0.25, 0.3) is 5.91 Å². The molecule has 358 valence electrons. The van der Waals surface area contributed by atoms with Crippen LogP contribution in [0, 0.1) is 34.5 Å². The molecule has 5 N–H and O–H groups in total. The normalized spacial score (nSPS) is 19.9. The number of aliphatic hydroxyl groups is 1. The van der Waals surface area contributed by atoms with E-state index in [1.807, 2.05) is 52.0 Å². The van der Waals surface area contributed by atoms with Crippen molar-refractivity contribution in [1.29, 1.82) is 5.26 Å². The van der Waals surface area contributed by atoms with E-state index >= 15 is 0 Å². The topological polar surface area (TPSA) is 208 Å². The van der Waals surface area contributed by atoms with Gasteiger partial charge >= 0.3 is 0 Å². The largest absolute Gasteiger partial charge is 0.494 e. The summed E-state index contributed by atoms with van der Waals surface area (Å²) in [6.07, 6.45) is 2.85. The van der Waals surface area contributed by atoms with Crippen LogP contribution in [0.1, 0.15) is 101 Å². The van der Waals surface area contributed by atoms with Crippen molar-refractivity contribution in [3.8, 4) is 28.9 Å². The van der Waals surface area contributed by atoms with E-state index in [-0.39, 0.29) is 66.8 Å². The van der Waals surface area contributed by atoms with E-state index in [1.54, 1.807) is 42.5 Å². The molecule has 2 heterocycles. The second kappa shape index (κ2) is 21.3. The number of amides is 4. The Morgan fingerprint density at radius 2 is 1.67 bits per heavy atom. The third-order valence-electron chi connectivity index (χ3n) is 12.8. The highest BCUT2D eigenvalue weighted by Gasteiger charge is 2.64. The van der Waals surface area contributed by atoms with Crippen molar-refractivity contribution >= 4 is 35.2 Å². The van der Waals surface area contributed by atoms with E-state index in [9.17, 15) is 29.5 Å². The second-order valence-corrected chi connectivity index (χ2v) is 20.3. The number of nitriles is 1. The van der Waals surface area contributed by atoms with Gasteiger partial charge in [0.15, 0.2) is 12.2 Å². The Labute approximate surface area is 398 Å². The average Bonchev–Trinajstić information content (AvgIpc) is 3.91. The monoisotopic (exact) mass is 937 g/mol. The van der Waals surface area contributed by atoms with Crippen molar-refractivity contribution in [2.45, 2.75) is 118 Å². The number of nitrogens with one attached hydrogen (secondary N) is 4. The Kier molecular flexibility index (Phi) is 16.1. The van der Waals surface area contributed by atoms with Crippen molar-refractivity contribution in [1.82, 2.24) is 31.2 Å². The van der Waals surface area contributed by atoms with Crippen LogP contribution in [0.3, 0.4) is 0 Å². The molecule has 0 unspecified atom stereocenters. The fraction of sp³-hybridized carbons (Fsp3) is 0.490. The molecule has 16 heteroatoms. The van der Waals surface area contributed by atoms with Gasteiger partial charge in [-0.05, 0) is 80.1 Å². The number of aryl methyl sites for hydroxylation is 1. The summed E-state index contributed by atoms with van der Waals surface area (Å²) < 4.78 is 17.8. The molecular weight excluding hydrogens is 874 g/mol. The van der Waals surface area contributed by atoms with Crippen LogP contribution in [0.2, 0.25) is 5.02 Å². The SMILES string of the molecule is Cc1ncoc1-c1ccc(CNC(=O)[C@@H]2C[C@@H](O)CN2C(=O)[C@@H](NC(=O)CNCCCCCOc2ccc(C(=O)NC3C(C)(C)C(Oc4ccc(C#N)c(Cl)c4)C3(C)C)cc2)C(C)(C)C)cc1. The summed E-state index contributed by atoms with van der Waals surface area (Å²) in [4.78, 5) is 59.4.